The SMILES string of the molecule is COc1ccc(C(=O)N(CCC#N)CC(C)C)c(N)c1. The maximum absolute atomic E-state index is 12.5. The molecule has 0 bridgehead atoms. The average molecular weight is 275 g/mol. The number of hydrogen-bond donors (Lipinski definition) is 1. The third kappa shape index (κ3) is 4.16. The zero-order valence-electron chi connectivity index (χ0n) is 12.2. The largest absolute Gasteiger partial charge is 0.497 e. The summed E-state index contributed by atoms with van der Waals surface area (Å²) in [5, 5.41) is 8.70. The molecule has 0 aliphatic carbocycles. The normalized spacial score (nSPS) is 10.2. The van der Waals surface area contributed by atoms with E-state index in [1.807, 2.05) is 13.8 Å². The molecule has 0 atom stereocenters. The quantitative estimate of drug-likeness (QED) is 0.808. The summed E-state index contributed by atoms with van der Waals surface area (Å²) in [5.41, 5.74) is 6.74. The summed E-state index contributed by atoms with van der Waals surface area (Å²) in [6.45, 7) is 5.08. The first-order chi connectivity index (χ1) is 9.49. The number of anilines is 1. The van der Waals surface area contributed by atoms with Crippen molar-refractivity contribution >= 4 is 11.6 Å². The second kappa shape index (κ2) is 7.39. The highest BCUT2D eigenvalue weighted by Crippen LogP contribution is 2.21. The molecule has 0 saturated heterocycles. The lowest BCUT2D eigenvalue weighted by molar-refractivity contribution is 0.0741. The molecule has 0 radical (unpaired) electrons. The number of hydrogen-bond acceptors (Lipinski definition) is 4. The number of ether oxygens (including phenoxy) is 1. The van der Waals surface area contributed by atoms with Crippen molar-refractivity contribution in [1.82, 2.24) is 4.90 Å². The molecule has 0 saturated carbocycles. The Morgan fingerprint density at radius 1 is 1.50 bits per heavy atom. The molecule has 0 unspecified atom stereocenters. The van der Waals surface area contributed by atoms with Crippen LogP contribution in [0.1, 0.15) is 30.6 Å². The van der Waals surface area contributed by atoms with Crippen LogP contribution in [-0.4, -0.2) is 31.0 Å². The van der Waals surface area contributed by atoms with Crippen LogP contribution >= 0.6 is 0 Å². The molecule has 1 amide bonds. The van der Waals surface area contributed by atoms with Crippen molar-refractivity contribution in [3.05, 3.63) is 23.8 Å². The van der Waals surface area contributed by atoms with Gasteiger partial charge in [0.05, 0.1) is 25.2 Å². The Hall–Kier alpha value is -2.22. The Kier molecular flexibility index (Phi) is 5.85. The predicted molar refractivity (Wildman–Crippen MR) is 78.4 cm³/mol. The topological polar surface area (TPSA) is 79.3 Å². The van der Waals surface area contributed by atoms with Crippen molar-refractivity contribution in [3.63, 3.8) is 0 Å². The molecule has 5 nitrogen and oxygen atoms in total. The number of nitrogen functional groups attached to an aromatic ring is 1. The highest BCUT2D eigenvalue weighted by molar-refractivity contribution is 5.99. The van der Waals surface area contributed by atoms with Gasteiger partial charge in [0, 0.05) is 24.8 Å². The van der Waals surface area contributed by atoms with E-state index in [-0.39, 0.29) is 5.91 Å². The lowest BCUT2D eigenvalue weighted by atomic mass is 10.1. The number of benzene rings is 1. The number of nitriles is 1. The Bertz CT molecular complexity index is 506. The van der Waals surface area contributed by atoms with Crippen LogP contribution in [-0.2, 0) is 0 Å². The molecular weight excluding hydrogens is 254 g/mol. The van der Waals surface area contributed by atoms with Gasteiger partial charge in [-0.05, 0) is 18.1 Å². The second-order valence-corrected chi connectivity index (χ2v) is 5.01. The molecule has 1 aromatic rings. The number of carbonyl (C=O) groups is 1. The van der Waals surface area contributed by atoms with E-state index >= 15 is 0 Å². The van der Waals surface area contributed by atoms with Crippen molar-refractivity contribution in [2.75, 3.05) is 25.9 Å². The molecule has 0 aromatic heterocycles. The van der Waals surface area contributed by atoms with Gasteiger partial charge in [0.15, 0.2) is 0 Å². The Morgan fingerprint density at radius 3 is 2.70 bits per heavy atom. The maximum Gasteiger partial charge on any atom is 0.255 e. The molecule has 108 valence electrons. The number of amides is 1. The van der Waals surface area contributed by atoms with Crippen molar-refractivity contribution in [2.24, 2.45) is 5.92 Å². The minimum atomic E-state index is -0.144. The van der Waals surface area contributed by atoms with Crippen molar-refractivity contribution in [2.45, 2.75) is 20.3 Å². The minimum Gasteiger partial charge on any atom is -0.497 e. The number of nitrogens with two attached hydrogens (primary N) is 1. The van der Waals surface area contributed by atoms with E-state index in [1.54, 1.807) is 30.2 Å². The van der Waals surface area contributed by atoms with E-state index in [4.69, 9.17) is 15.7 Å². The summed E-state index contributed by atoms with van der Waals surface area (Å²) in [7, 11) is 1.55. The highest BCUT2D eigenvalue weighted by atomic mass is 16.5. The van der Waals surface area contributed by atoms with Crippen LogP contribution in [0.3, 0.4) is 0 Å². The van der Waals surface area contributed by atoms with Gasteiger partial charge in [0.25, 0.3) is 5.91 Å². The van der Waals surface area contributed by atoms with Crippen LogP contribution in [0, 0.1) is 17.2 Å². The predicted octanol–water partition coefficient (Wildman–Crippen LogP) is 2.29. The molecule has 2 N–H and O–H groups in total. The molecule has 0 heterocycles. The summed E-state index contributed by atoms with van der Waals surface area (Å²) >= 11 is 0. The fourth-order valence-electron chi connectivity index (χ4n) is 1.93. The standard InChI is InChI=1S/C15H21N3O2/c1-11(2)10-18(8-4-7-16)15(19)13-6-5-12(20-3)9-14(13)17/h5-6,9,11H,4,8,10,17H2,1-3H3. The second-order valence-electron chi connectivity index (χ2n) is 5.01. The van der Waals surface area contributed by atoms with Gasteiger partial charge in [-0.15, -0.1) is 0 Å². The van der Waals surface area contributed by atoms with Gasteiger partial charge in [-0.25, -0.2) is 0 Å². The number of rotatable bonds is 6. The smallest absolute Gasteiger partial charge is 0.255 e. The van der Waals surface area contributed by atoms with Crippen molar-refractivity contribution in [1.29, 1.82) is 5.26 Å². The first-order valence-corrected chi connectivity index (χ1v) is 6.59. The maximum atomic E-state index is 12.5. The highest BCUT2D eigenvalue weighted by Gasteiger charge is 2.19. The lowest BCUT2D eigenvalue weighted by Gasteiger charge is -2.24. The molecule has 0 fully saturated rings. The van der Waals surface area contributed by atoms with Crippen LogP contribution < -0.4 is 10.5 Å². The molecule has 5 heteroatoms. The van der Waals surface area contributed by atoms with Crippen LogP contribution in [0.4, 0.5) is 5.69 Å². The van der Waals surface area contributed by atoms with Gasteiger partial charge in [-0.1, -0.05) is 13.8 Å². The first kappa shape index (κ1) is 15.8. The van der Waals surface area contributed by atoms with Gasteiger partial charge < -0.3 is 15.4 Å². The van der Waals surface area contributed by atoms with Crippen molar-refractivity contribution < 1.29 is 9.53 Å². The molecule has 0 aliphatic rings. The van der Waals surface area contributed by atoms with E-state index in [0.29, 0.717) is 42.4 Å². The summed E-state index contributed by atoms with van der Waals surface area (Å²) in [5.74, 6) is 0.803. The zero-order valence-corrected chi connectivity index (χ0v) is 12.2. The zero-order chi connectivity index (χ0) is 15.1. The van der Waals surface area contributed by atoms with Crippen LogP contribution in [0.5, 0.6) is 5.75 Å². The minimum absolute atomic E-state index is 0.144. The van der Waals surface area contributed by atoms with Gasteiger partial charge >= 0.3 is 0 Å². The monoisotopic (exact) mass is 275 g/mol. The molecule has 0 aliphatic heterocycles. The molecule has 1 rings (SSSR count). The average Bonchev–Trinajstić information content (AvgIpc) is 2.42. The van der Waals surface area contributed by atoms with E-state index in [1.165, 1.54) is 0 Å². The van der Waals surface area contributed by atoms with Crippen LogP contribution in [0.15, 0.2) is 18.2 Å². The fourth-order valence-corrected chi connectivity index (χ4v) is 1.93. The number of carbonyl (C=O) groups excluding carboxylic acids is 1. The lowest BCUT2D eigenvalue weighted by Crippen LogP contribution is -2.35. The summed E-state index contributed by atoms with van der Waals surface area (Å²) < 4.78 is 5.07. The summed E-state index contributed by atoms with van der Waals surface area (Å²) in [6.07, 6.45) is 0.314. The molecular formula is C15H21N3O2. The van der Waals surface area contributed by atoms with E-state index in [2.05, 4.69) is 6.07 Å². The Morgan fingerprint density at radius 2 is 2.20 bits per heavy atom. The summed E-state index contributed by atoms with van der Waals surface area (Å²) in [4.78, 5) is 14.2. The van der Waals surface area contributed by atoms with Gasteiger partial charge in [-0.3, -0.25) is 4.79 Å². The van der Waals surface area contributed by atoms with Gasteiger partial charge in [0.2, 0.25) is 0 Å². The third-order valence-electron chi connectivity index (χ3n) is 2.86. The van der Waals surface area contributed by atoms with Gasteiger partial charge in [-0.2, -0.15) is 5.26 Å². The number of methoxy groups -OCH3 is 1. The molecule has 0 spiro atoms. The molecule has 1 aromatic carbocycles. The third-order valence-corrected chi connectivity index (χ3v) is 2.86. The number of nitrogens with zero attached hydrogens (tertiary/aromatic N) is 2. The van der Waals surface area contributed by atoms with Crippen LogP contribution in [0.25, 0.3) is 0 Å². The van der Waals surface area contributed by atoms with E-state index in [0.717, 1.165) is 0 Å². The Labute approximate surface area is 119 Å². The Balaban J connectivity index is 2.96. The molecule has 20 heavy (non-hydrogen) atoms. The van der Waals surface area contributed by atoms with E-state index < -0.39 is 0 Å². The van der Waals surface area contributed by atoms with E-state index in [9.17, 15) is 4.79 Å². The van der Waals surface area contributed by atoms with Crippen LogP contribution in [0.2, 0.25) is 0 Å². The van der Waals surface area contributed by atoms with Crippen molar-refractivity contribution in [3.8, 4) is 11.8 Å². The van der Waals surface area contributed by atoms with Gasteiger partial charge in [0.1, 0.15) is 5.75 Å². The summed E-state index contributed by atoms with van der Waals surface area (Å²) in [6, 6.07) is 7.07. The fraction of sp³-hybridized carbons (Fsp3) is 0.467. The first-order valence-electron chi connectivity index (χ1n) is 6.59.